The van der Waals surface area contributed by atoms with Gasteiger partial charge in [0.2, 0.25) is 5.91 Å². The maximum absolute atomic E-state index is 12.8. The summed E-state index contributed by atoms with van der Waals surface area (Å²) in [5.74, 6) is -0.302. The Balaban J connectivity index is 1.40. The third-order valence-electron chi connectivity index (χ3n) is 5.53. The third-order valence-corrected chi connectivity index (χ3v) is 6.69. The standard InChI is InChI=1S/C27H23ClN2O4S/c1-17-5-3-8-23(18(17)2)29-25(31)15-30-26(32)24(35-27(30)33)14-20-6-4-7-22(13-20)34-16-19-9-11-21(28)12-10-19/h3-14H,15-16H2,1-2H3,(H,29,31)/b24-14+. The van der Waals surface area contributed by atoms with Crippen LogP contribution in [0, 0.1) is 13.8 Å². The first-order valence-corrected chi connectivity index (χ1v) is 12.1. The highest BCUT2D eigenvalue weighted by Gasteiger charge is 2.36. The van der Waals surface area contributed by atoms with Gasteiger partial charge in [0.05, 0.1) is 4.91 Å². The molecule has 1 saturated heterocycles. The number of benzene rings is 3. The van der Waals surface area contributed by atoms with Crippen LogP contribution in [-0.4, -0.2) is 28.5 Å². The molecule has 0 aromatic heterocycles. The largest absolute Gasteiger partial charge is 0.489 e. The van der Waals surface area contributed by atoms with Gasteiger partial charge in [0.1, 0.15) is 18.9 Å². The molecule has 0 bridgehead atoms. The van der Waals surface area contributed by atoms with Crippen LogP contribution in [0.1, 0.15) is 22.3 Å². The number of carbonyl (C=O) groups excluding carboxylic acids is 3. The van der Waals surface area contributed by atoms with Gasteiger partial charge < -0.3 is 10.1 Å². The van der Waals surface area contributed by atoms with Gasteiger partial charge in [-0.15, -0.1) is 0 Å². The number of imide groups is 1. The zero-order valence-electron chi connectivity index (χ0n) is 19.2. The molecule has 1 heterocycles. The van der Waals surface area contributed by atoms with Crippen molar-refractivity contribution in [2.75, 3.05) is 11.9 Å². The molecule has 4 rings (SSSR count). The highest BCUT2D eigenvalue weighted by atomic mass is 35.5. The molecule has 178 valence electrons. The predicted octanol–water partition coefficient (Wildman–Crippen LogP) is 6.21. The van der Waals surface area contributed by atoms with E-state index in [2.05, 4.69) is 5.32 Å². The van der Waals surface area contributed by atoms with Crippen LogP contribution in [0.3, 0.4) is 0 Å². The smallest absolute Gasteiger partial charge is 0.294 e. The van der Waals surface area contributed by atoms with Crippen LogP contribution in [0.5, 0.6) is 5.75 Å². The molecular weight excluding hydrogens is 484 g/mol. The zero-order valence-corrected chi connectivity index (χ0v) is 20.8. The molecule has 1 fully saturated rings. The number of aryl methyl sites for hydroxylation is 1. The fourth-order valence-corrected chi connectivity index (χ4v) is 4.41. The van der Waals surface area contributed by atoms with Crippen molar-refractivity contribution in [1.82, 2.24) is 4.90 Å². The topological polar surface area (TPSA) is 75.7 Å². The number of nitrogens with one attached hydrogen (secondary N) is 1. The highest BCUT2D eigenvalue weighted by Crippen LogP contribution is 2.32. The Morgan fingerprint density at radius 1 is 1.06 bits per heavy atom. The number of halogens is 1. The number of rotatable bonds is 7. The number of hydrogen-bond acceptors (Lipinski definition) is 5. The van der Waals surface area contributed by atoms with Crippen molar-refractivity contribution in [1.29, 1.82) is 0 Å². The van der Waals surface area contributed by atoms with Crippen LogP contribution in [-0.2, 0) is 16.2 Å². The second-order valence-electron chi connectivity index (χ2n) is 8.05. The number of anilines is 1. The molecule has 0 radical (unpaired) electrons. The number of hydrogen-bond donors (Lipinski definition) is 1. The van der Waals surface area contributed by atoms with E-state index in [9.17, 15) is 14.4 Å². The van der Waals surface area contributed by atoms with Crippen molar-refractivity contribution in [2.45, 2.75) is 20.5 Å². The normalized spacial score (nSPS) is 14.5. The maximum atomic E-state index is 12.8. The van der Waals surface area contributed by atoms with Gasteiger partial charge in [0, 0.05) is 10.7 Å². The van der Waals surface area contributed by atoms with Crippen LogP contribution >= 0.6 is 23.4 Å². The molecule has 0 saturated carbocycles. The SMILES string of the molecule is Cc1cccc(NC(=O)CN2C(=O)S/C(=C/c3cccc(OCc4ccc(Cl)cc4)c3)C2=O)c1C. The van der Waals surface area contributed by atoms with Gasteiger partial charge in [0.15, 0.2) is 0 Å². The summed E-state index contributed by atoms with van der Waals surface area (Å²) < 4.78 is 5.84. The average Bonchev–Trinajstić information content (AvgIpc) is 3.09. The molecule has 0 spiro atoms. The molecule has 0 aliphatic carbocycles. The van der Waals surface area contributed by atoms with E-state index in [-0.39, 0.29) is 11.4 Å². The number of amides is 3. The van der Waals surface area contributed by atoms with Gasteiger partial charge >= 0.3 is 0 Å². The van der Waals surface area contributed by atoms with Gasteiger partial charge in [-0.1, -0.05) is 48.0 Å². The molecule has 3 aromatic rings. The zero-order chi connectivity index (χ0) is 24.9. The molecule has 1 aliphatic heterocycles. The van der Waals surface area contributed by atoms with Gasteiger partial charge in [0.25, 0.3) is 11.1 Å². The van der Waals surface area contributed by atoms with Crippen LogP contribution in [0.25, 0.3) is 6.08 Å². The molecule has 1 aliphatic rings. The molecule has 35 heavy (non-hydrogen) atoms. The molecule has 0 atom stereocenters. The summed E-state index contributed by atoms with van der Waals surface area (Å²) in [5, 5.41) is 2.96. The third kappa shape index (κ3) is 6.12. The number of nitrogens with zero attached hydrogens (tertiary/aromatic N) is 1. The minimum atomic E-state index is -0.497. The van der Waals surface area contributed by atoms with Gasteiger partial charge in [-0.3, -0.25) is 19.3 Å². The number of ether oxygens (including phenoxy) is 1. The van der Waals surface area contributed by atoms with E-state index in [4.69, 9.17) is 16.3 Å². The Bertz CT molecular complexity index is 1320. The van der Waals surface area contributed by atoms with E-state index in [0.29, 0.717) is 28.6 Å². The lowest BCUT2D eigenvalue weighted by molar-refractivity contribution is -0.127. The molecule has 3 amide bonds. The monoisotopic (exact) mass is 506 g/mol. The van der Waals surface area contributed by atoms with Crippen molar-refractivity contribution in [2.24, 2.45) is 0 Å². The van der Waals surface area contributed by atoms with Crippen LogP contribution in [0.4, 0.5) is 10.5 Å². The van der Waals surface area contributed by atoms with Gasteiger partial charge in [-0.2, -0.15) is 0 Å². The summed E-state index contributed by atoms with van der Waals surface area (Å²) in [7, 11) is 0. The quantitative estimate of drug-likeness (QED) is 0.385. The molecule has 0 unspecified atom stereocenters. The Morgan fingerprint density at radius 2 is 1.80 bits per heavy atom. The van der Waals surface area contributed by atoms with E-state index < -0.39 is 17.1 Å². The summed E-state index contributed by atoms with van der Waals surface area (Å²) >= 11 is 6.73. The van der Waals surface area contributed by atoms with E-state index in [1.165, 1.54) is 0 Å². The number of carbonyl (C=O) groups is 3. The van der Waals surface area contributed by atoms with Crippen molar-refractivity contribution < 1.29 is 19.1 Å². The minimum absolute atomic E-state index is 0.254. The van der Waals surface area contributed by atoms with E-state index in [0.717, 1.165) is 33.4 Å². The van der Waals surface area contributed by atoms with Gasteiger partial charge in [-0.25, -0.2) is 0 Å². The van der Waals surface area contributed by atoms with E-state index in [1.54, 1.807) is 30.3 Å². The Morgan fingerprint density at radius 3 is 2.57 bits per heavy atom. The molecule has 6 nitrogen and oxygen atoms in total. The fourth-order valence-electron chi connectivity index (χ4n) is 3.45. The minimum Gasteiger partial charge on any atom is -0.489 e. The van der Waals surface area contributed by atoms with Crippen molar-refractivity contribution in [3.63, 3.8) is 0 Å². The molecule has 8 heteroatoms. The lowest BCUT2D eigenvalue weighted by atomic mass is 10.1. The van der Waals surface area contributed by atoms with E-state index in [1.807, 2.05) is 56.3 Å². The van der Waals surface area contributed by atoms with Gasteiger partial charge in [-0.05, 0) is 84.3 Å². The molecular formula is C27H23ClN2O4S. The summed E-state index contributed by atoms with van der Waals surface area (Å²) in [6.45, 7) is 3.87. The Labute approximate surface area is 212 Å². The van der Waals surface area contributed by atoms with Crippen LogP contribution in [0.15, 0.2) is 71.6 Å². The average molecular weight is 507 g/mol. The second kappa shape index (κ2) is 10.8. The summed E-state index contributed by atoms with van der Waals surface area (Å²) in [5.41, 5.74) is 4.32. The fraction of sp³-hybridized carbons (Fsp3) is 0.148. The summed E-state index contributed by atoms with van der Waals surface area (Å²) in [6, 6.07) is 20.2. The maximum Gasteiger partial charge on any atom is 0.294 e. The van der Waals surface area contributed by atoms with Crippen molar-refractivity contribution in [3.05, 3.63) is 98.9 Å². The Hall–Kier alpha value is -3.55. The number of thioether (sulfide) groups is 1. The molecule has 1 N–H and O–H groups in total. The van der Waals surface area contributed by atoms with Crippen molar-refractivity contribution >= 4 is 52.2 Å². The molecule has 3 aromatic carbocycles. The summed E-state index contributed by atoms with van der Waals surface area (Å²) in [4.78, 5) is 39.0. The second-order valence-corrected chi connectivity index (χ2v) is 9.48. The highest BCUT2D eigenvalue weighted by molar-refractivity contribution is 8.18. The first-order chi connectivity index (χ1) is 16.8. The lowest BCUT2D eigenvalue weighted by Gasteiger charge is -2.14. The van der Waals surface area contributed by atoms with Crippen LogP contribution < -0.4 is 10.1 Å². The van der Waals surface area contributed by atoms with E-state index >= 15 is 0 Å². The van der Waals surface area contributed by atoms with Crippen molar-refractivity contribution in [3.8, 4) is 5.75 Å². The van der Waals surface area contributed by atoms with Crippen LogP contribution in [0.2, 0.25) is 5.02 Å². The predicted molar refractivity (Wildman–Crippen MR) is 139 cm³/mol. The summed E-state index contributed by atoms with van der Waals surface area (Å²) in [6.07, 6.45) is 1.63. The Kier molecular flexibility index (Phi) is 7.58. The first-order valence-electron chi connectivity index (χ1n) is 10.9. The first kappa shape index (κ1) is 24.6. The lowest BCUT2D eigenvalue weighted by Crippen LogP contribution is -2.36.